The van der Waals surface area contributed by atoms with Gasteiger partial charge < -0.3 is 36.8 Å². The Hall–Kier alpha value is -3.76. The molecule has 4 heterocycles. The van der Waals surface area contributed by atoms with E-state index in [-0.39, 0.29) is 65.0 Å². The predicted molar refractivity (Wildman–Crippen MR) is 155 cm³/mol. The zero-order valence-corrected chi connectivity index (χ0v) is 27.4. The van der Waals surface area contributed by atoms with Crippen LogP contribution in [0.15, 0.2) is 53.6 Å². The van der Waals surface area contributed by atoms with Crippen LogP contribution in [0.25, 0.3) is 0 Å². The van der Waals surface area contributed by atoms with Crippen molar-refractivity contribution in [3.8, 4) is 0 Å². The van der Waals surface area contributed by atoms with Gasteiger partial charge in [-0.2, -0.15) is 0 Å². The number of nitro groups is 1. The molecule has 5 rings (SSSR count). The van der Waals surface area contributed by atoms with Crippen molar-refractivity contribution in [2.75, 3.05) is 6.54 Å². The number of hydrogen-bond donors (Lipinski definition) is 2. The van der Waals surface area contributed by atoms with Gasteiger partial charge in [0.05, 0.1) is 23.0 Å². The van der Waals surface area contributed by atoms with Gasteiger partial charge in [0, 0.05) is 41.2 Å². The van der Waals surface area contributed by atoms with E-state index in [1.165, 1.54) is 54.8 Å². The summed E-state index contributed by atoms with van der Waals surface area (Å²) in [7, 11) is 0. The normalized spacial score (nSPS) is 26.2. The Balaban J connectivity index is 0.00000461. The Labute approximate surface area is 273 Å². The lowest BCUT2D eigenvalue weighted by Crippen LogP contribution is -3.00. The highest BCUT2D eigenvalue weighted by Crippen LogP contribution is 2.53. The smallest absolute Gasteiger partial charge is 0.413 e. The van der Waals surface area contributed by atoms with Crippen LogP contribution in [0.5, 0.6) is 0 Å². The lowest BCUT2D eigenvalue weighted by Gasteiger charge is -2.46. The molecule has 2 N–H and O–H groups in total. The SMILES string of the molecule is CC(=O)C[n+]1ccn([C@@]2(C)C[C@H](SC3=C(C(=O)O)N4C(=O)[C@H]([C@@H](C)O)[C@H]4[C@H]3C)CN2C(=O)OCc2ccc([N+](=O)[O-])cc2)c1.[Br-]. The van der Waals surface area contributed by atoms with Crippen molar-refractivity contribution in [1.29, 1.82) is 0 Å². The summed E-state index contributed by atoms with van der Waals surface area (Å²) >= 11 is 1.31. The van der Waals surface area contributed by atoms with E-state index in [4.69, 9.17) is 4.74 Å². The van der Waals surface area contributed by atoms with Gasteiger partial charge >= 0.3 is 12.1 Å². The van der Waals surface area contributed by atoms with Crippen molar-refractivity contribution in [3.63, 3.8) is 0 Å². The molecular weight excluding hydrogens is 674 g/mol. The molecule has 0 aliphatic carbocycles. The van der Waals surface area contributed by atoms with Crippen molar-refractivity contribution in [2.24, 2.45) is 11.8 Å². The number of halogens is 1. The first kappa shape index (κ1) is 34.1. The summed E-state index contributed by atoms with van der Waals surface area (Å²) in [6.07, 6.45) is 4.04. The summed E-state index contributed by atoms with van der Waals surface area (Å²) in [6.45, 7) is 6.91. The molecule has 2 fully saturated rings. The van der Waals surface area contributed by atoms with Crippen LogP contribution in [0.4, 0.5) is 10.5 Å². The van der Waals surface area contributed by atoms with Crippen LogP contribution in [0.1, 0.15) is 39.7 Å². The Morgan fingerprint density at radius 2 is 1.93 bits per heavy atom. The van der Waals surface area contributed by atoms with Gasteiger partial charge in [-0.1, -0.05) is 6.92 Å². The molecular formula is C29H34BrN5O9S. The molecule has 0 bridgehead atoms. The lowest BCUT2D eigenvalue weighted by atomic mass is 9.79. The number of Topliss-reactive ketones (excluding diaryl/α,β-unsaturated/α-hetero) is 1. The number of hydrogen-bond acceptors (Lipinski definition) is 9. The molecule has 0 unspecified atom stereocenters. The molecule has 0 radical (unpaired) electrons. The summed E-state index contributed by atoms with van der Waals surface area (Å²) < 4.78 is 9.16. The highest BCUT2D eigenvalue weighted by atomic mass is 79.9. The van der Waals surface area contributed by atoms with Gasteiger partial charge in [0.25, 0.3) is 5.69 Å². The minimum absolute atomic E-state index is 0. The van der Waals surface area contributed by atoms with Crippen molar-refractivity contribution in [3.05, 3.63) is 69.3 Å². The first-order valence-electron chi connectivity index (χ1n) is 14.1. The topological polar surface area (TPSA) is 176 Å². The van der Waals surface area contributed by atoms with Crippen LogP contribution in [0.2, 0.25) is 0 Å². The number of rotatable bonds is 10. The van der Waals surface area contributed by atoms with Crippen LogP contribution in [-0.2, 0) is 37.9 Å². The number of aromatic nitrogens is 2. The number of ketones is 1. The molecule has 45 heavy (non-hydrogen) atoms. The Kier molecular flexibility index (Phi) is 9.80. The third-order valence-corrected chi connectivity index (χ3v) is 10.0. The fraction of sp³-hybridized carbons (Fsp3) is 0.483. The number of benzene rings is 1. The summed E-state index contributed by atoms with van der Waals surface area (Å²) in [5, 5.41) is 30.9. The van der Waals surface area contributed by atoms with Crippen molar-refractivity contribution >= 4 is 41.2 Å². The van der Waals surface area contributed by atoms with E-state index in [0.29, 0.717) is 16.9 Å². The summed E-state index contributed by atoms with van der Waals surface area (Å²) in [5.74, 6) is -2.71. The quantitative estimate of drug-likeness (QED) is 0.138. The van der Waals surface area contributed by atoms with Crippen molar-refractivity contribution < 1.29 is 60.6 Å². The Morgan fingerprint density at radius 3 is 2.51 bits per heavy atom. The number of carboxylic acid groups (broad SMARTS) is 1. The molecule has 14 nitrogen and oxygen atoms in total. The van der Waals surface area contributed by atoms with E-state index in [1.54, 1.807) is 28.2 Å². The number of β-lactam (4-membered cyclic amide) rings is 1. The number of likely N-dealkylation sites (tertiary alicyclic amines) is 1. The number of carbonyl (C=O) groups excluding carboxylic acids is 3. The summed E-state index contributed by atoms with van der Waals surface area (Å²) in [6, 6.07) is 5.22. The van der Waals surface area contributed by atoms with Gasteiger partial charge in [0.2, 0.25) is 12.2 Å². The van der Waals surface area contributed by atoms with Gasteiger partial charge in [0.15, 0.2) is 11.4 Å². The molecule has 3 aliphatic rings. The number of imidazole rings is 1. The molecule has 2 aromatic rings. The number of carbonyl (C=O) groups is 4. The van der Waals surface area contributed by atoms with E-state index in [0.717, 1.165) is 0 Å². The molecule has 0 spiro atoms. The zero-order chi connectivity index (χ0) is 32.1. The van der Waals surface area contributed by atoms with Gasteiger partial charge in [0.1, 0.15) is 31.2 Å². The number of amides is 2. The lowest BCUT2D eigenvalue weighted by molar-refractivity contribution is -0.684. The second-order valence-corrected chi connectivity index (χ2v) is 13.1. The predicted octanol–water partition coefficient (Wildman–Crippen LogP) is -0.752. The van der Waals surface area contributed by atoms with Crippen LogP contribution in [-0.4, -0.2) is 77.2 Å². The summed E-state index contributed by atoms with van der Waals surface area (Å²) in [5.41, 5.74) is -0.569. The molecule has 0 saturated carbocycles. The maximum atomic E-state index is 13.6. The highest BCUT2D eigenvalue weighted by molar-refractivity contribution is 8.03. The number of non-ortho nitro benzene ring substituents is 1. The van der Waals surface area contributed by atoms with E-state index in [2.05, 4.69) is 0 Å². The van der Waals surface area contributed by atoms with Crippen molar-refractivity contribution in [1.82, 2.24) is 14.4 Å². The molecule has 2 amide bonds. The van der Waals surface area contributed by atoms with Crippen LogP contribution < -0.4 is 21.5 Å². The summed E-state index contributed by atoms with van der Waals surface area (Å²) in [4.78, 5) is 64.3. The van der Waals surface area contributed by atoms with E-state index in [1.807, 2.05) is 18.4 Å². The number of aliphatic hydroxyl groups is 1. The number of thioether (sulfide) groups is 1. The van der Waals surface area contributed by atoms with Crippen LogP contribution in [0, 0.1) is 22.0 Å². The fourth-order valence-corrected chi connectivity index (χ4v) is 8.06. The third kappa shape index (κ3) is 6.22. The molecule has 2 saturated heterocycles. The number of ether oxygens (including phenoxy) is 1. The monoisotopic (exact) mass is 707 g/mol. The maximum absolute atomic E-state index is 13.6. The standard InChI is InChI=1S/C29H33N5O9S.BrH/c1-16(35)12-30-9-10-31(15-30)29(4)11-21(13-32(29)28(40)43-14-19-5-7-20(8-6-19)34(41)42)44-25-17(2)23-22(18(3)36)26(37)33(23)24(25)27(38)39;/h5-10,15,17-18,21-23,36H,11-14H2,1-4H3;1H/t17-,18-,21+,22-,23-,29-;/m1./s1. The van der Waals surface area contributed by atoms with Gasteiger partial charge in [-0.3, -0.25) is 24.6 Å². The first-order chi connectivity index (χ1) is 20.7. The zero-order valence-electron chi connectivity index (χ0n) is 25.0. The number of nitrogens with zero attached hydrogens (tertiary/aromatic N) is 5. The van der Waals surface area contributed by atoms with Crippen molar-refractivity contribution in [2.45, 2.75) is 70.3 Å². The average molecular weight is 709 g/mol. The van der Waals surface area contributed by atoms with E-state index < -0.39 is 46.6 Å². The number of aliphatic carboxylic acids is 1. The molecule has 16 heteroatoms. The number of aliphatic hydroxyl groups excluding tert-OH is 1. The van der Waals surface area contributed by atoms with Gasteiger partial charge in [-0.05, 0) is 38.5 Å². The average Bonchev–Trinajstić information content (AvgIpc) is 3.61. The third-order valence-electron chi connectivity index (χ3n) is 8.57. The second kappa shape index (κ2) is 12.9. The van der Waals surface area contributed by atoms with Gasteiger partial charge in [-0.25, -0.2) is 18.7 Å². The minimum Gasteiger partial charge on any atom is -1.00 e. The van der Waals surface area contributed by atoms with Gasteiger partial charge in [-0.15, -0.1) is 11.8 Å². The number of nitro benzene ring substituents is 1. The largest absolute Gasteiger partial charge is 1.00 e. The van der Waals surface area contributed by atoms with E-state index >= 15 is 0 Å². The Morgan fingerprint density at radius 1 is 1.27 bits per heavy atom. The number of fused-ring (bicyclic) bond motifs is 1. The molecule has 1 aromatic heterocycles. The molecule has 1 aromatic carbocycles. The second-order valence-electron chi connectivity index (χ2n) is 11.7. The minimum atomic E-state index is -1.23. The molecule has 242 valence electrons. The number of carboxylic acids is 1. The fourth-order valence-electron chi connectivity index (χ4n) is 6.43. The molecule has 3 aliphatic heterocycles. The molecule has 6 atom stereocenters. The maximum Gasteiger partial charge on any atom is 0.413 e. The highest BCUT2D eigenvalue weighted by Gasteiger charge is 2.61. The Bertz CT molecular complexity index is 1560. The first-order valence-corrected chi connectivity index (χ1v) is 15.0. The van der Waals surface area contributed by atoms with Crippen LogP contribution >= 0.6 is 11.8 Å². The van der Waals surface area contributed by atoms with E-state index in [9.17, 15) is 39.5 Å². The van der Waals surface area contributed by atoms with Crippen LogP contribution in [0.3, 0.4) is 0 Å².